The van der Waals surface area contributed by atoms with E-state index >= 15 is 0 Å². The second kappa shape index (κ2) is 8.71. The predicted octanol–water partition coefficient (Wildman–Crippen LogP) is 3.04. The molecule has 1 aliphatic rings. The lowest BCUT2D eigenvalue weighted by atomic mass is 10.0. The minimum atomic E-state index is -1.14. The lowest BCUT2D eigenvalue weighted by Crippen LogP contribution is -2.48. The lowest BCUT2D eigenvalue weighted by molar-refractivity contribution is -0.157. The molecule has 1 unspecified atom stereocenters. The highest BCUT2D eigenvalue weighted by molar-refractivity contribution is 6.22. The van der Waals surface area contributed by atoms with Crippen molar-refractivity contribution >= 4 is 23.7 Å². The van der Waals surface area contributed by atoms with Crippen LogP contribution in [0, 0.1) is 0 Å². The fraction of sp³-hybridized carbons (Fsp3) is 0.333. The van der Waals surface area contributed by atoms with E-state index in [1.54, 1.807) is 29.2 Å². The fourth-order valence-corrected chi connectivity index (χ4v) is 3.46. The topological polar surface area (TPSA) is 84.0 Å². The van der Waals surface area contributed by atoms with E-state index in [1.165, 1.54) is 6.92 Å². The second-order valence-electron chi connectivity index (χ2n) is 8.45. The number of ether oxygens (including phenoxy) is 1. The van der Waals surface area contributed by atoms with Crippen molar-refractivity contribution in [2.24, 2.45) is 0 Å². The van der Waals surface area contributed by atoms with E-state index in [-0.39, 0.29) is 17.0 Å². The number of carbonyl (C=O) groups excluding carboxylic acids is 4. The summed E-state index contributed by atoms with van der Waals surface area (Å²) in [6, 6.07) is 14.8. The maximum absolute atomic E-state index is 12.9. The Balaban J connectivity index is 1.65. The first-order chi connectivity index (χ1) is 14.6. The van der Waals surface area contributed by atoms with Crippen LogP contribution in [0.25, 0.3) is 0 Å². The first-order valence-electron chi connectivity index (χ1n) is 10.1. The van der Waals surface area contributed by atoms with Gasteiger partial charge in [0.15, 0.2) is 6.61 Å². The van der Waals surface area contributed by atoms with E-state index in [9.17, 15) is 19.2 Å². The first-order valence-corrected chi connectivity index (χ1v) is 10.1. The molecule has 0 saturated heterocycles. The lowest BCUT2D eigenvalue weighted by Gasteiger charge is -2.36. The number of carbonyl (C=O) groups is 4. The molecule has 1 aliphatic heterocycles. The van der Waals surface area contributed by atoms with Gasteiger partial charge in [0.1, 0.15) is 6.04 Å². The van der Waals surface area contributed by atoms with Crippen LogP contribution >= 0.6 is 0 Å². The summed E-state index contributed by atoms with van der Waals surface area (Å²) in [4.78, 5) is 53.0. The van der Waals surface area contributed by atoms with Gasteiger partial charge in [-0.05, 0) is 45.4 Å². The van der Waals surface area contributed by atoms with Crippen LogP contribution in [0.15, 0.2) is 54.6 Å². The van der Waals surface area contributed by atoms with Crippen molar-refractivity contribution in [3.8, 4) is 0 Å². The molecule has 2 aromatic rings. The van der Waals surface area contributed by atoms with Crippen LogP contribution in [0.1, 0.15) is 54.0 Å². The zero-order valence-corrected chi connectivity index (χ0v) is 18.1. The summed E-state index contributed by atoms with van der Waals surface area (Å²) >= 11 is 0. The molecule has 0 fully saturated rings. The largest absolute Gasteiger partial charge is 0.454 e. The number of esters is 1. The van der Waals surface area contributed by atoms with Crippen LogP contribution in [0.2, 0.25) is 0 Å². The SMILES string of the molecule is CC(C(=O)OCC(=O)N(Cc1ccccc1)C(C)(C)C)N1C(=O)c2ccccc2C1=O. The van der Waals surface area contributed by atoms with Crippen LogP contribution in [0.5, 0.6) is 0 Å². The molecule has 162 valence electrons. The van der Waals surface area contributed by atoms with Gasteiger partial charge in [-0.25, -0.2) is 4.79 Å². The van der Waals surface area contributed by atoms with Crippen LogP contribution < -0.4 is 0 Å². The van der Waals surface area contributed by atoms with Gasteiger partial charge in [0, 0.05) is 12.1 Å². The Morgan fingerprint density at radius 1 is 0.935 bits per heavy atom. The minimum Gasteiger partial charge on any atom is -0.454 e. The summed E-state index contributed by atoms with van der Waals surface area (Å²) in [7, 11) is 0. The average molecular weight is 422 g/mol. The smallest absolute Gasteiger partial charge is 0.329 e. The molecular weight excluding hydrogens is 396 g/mol. The molecule has 0 aliphatic carbocycles. The van der Waals surface area contributed by atoms with Gasteiger partial charge in [-0.3, -0.25) is 19.3 Å². The van der Waals surface area contributed by atoms with Gasteiger partial charge in [0.25, 0.3) is 17.7 Å². The van der Waals surface area contributed by atoms with Crippen LogP contribution in [-0.4, -0.2) is 51.7 Å². The molecule has 0 saturated carbocycles. The van der Waals surface area contributed by atoms with E-state index < -0.39 is 36.0 Å². The quantitative estimate of drug-likeness (QED) is 0.528. The maximum Gasteiger partial charge on any atom is 0.329 e. The summed E-state index contributed by atoms with van der Waals surface area (Å²) in [5.41, 5.74) is 0.972. The van der Waals surface area contributed by atoms with E-state index in [0.717, 1.165) is 10.5 Å². The number of imide groups is 1. The highest BCUT2D eigenvalue weighted by atomic mass is 16.5. The zero-order chi connectivity index (χ0) is 22.8. The van der Waals surface area contributed by atoms with Crippen molar-refractivity contribution in [1.82, 2.24) is 9.80 Å². The van der Waals surface area contributed by atoms with E-state index in [1.807, 2.05) is 51.1 Å². The van der Waals surface area contributed by atoms with Crippen molar-refractivity contribution in [2.45, 2.75) is 45.8 Å². The predicted molar refractivity (Wildman–Crippen MR) is 114 cm³/mol. The third kappa shape index (κ3) is 4.66. The molecule has 31 heavy (non-hydrogen) atoms. The Hall–Kier alpha value is -3.48. The van der Waals surface area contributed by atoms with E-state index in [2.05, 4.69) is 0 Å². The molecule has 7 nitrogen and oxygen atoms in total. The number of nitrogens with zero attached hydrogens (tertiary/aromatic N) is 2. The minimum absolute atomic E-state index is 0.255. The molecule has 0 aromatic heterocycles. The van der Waals surface area contributed by atoms with Gasteiger partial charge < -0.3 is 9.64 Å². The molecule has 2 aromatic carbocycles. The van der Waals surface area contributed by atoms with E-state index in [0.29, 0.717) is 6.54 Å². The molecule has 3 rings (SSSR count). The van der Waals surface area contributed by atoms with Gasteiger partial charge in [-0.15, -0.1) is 0 Å². The fourth-order valence-electron chi connectivity index (χ4n) is 3.46. The van der Waals surface area contributed by atoms with Crippen molar-refractivity contribution in [2.75, 3.05) is 6.61 Å². The molecule has 1 heterocycles. The average Bonchev–Trinajstić information content (AvgIpc) is 3.00. The second-order valence-corrected chi connectivity index (χ2v) is 8.45. The van der Waals surface area contributed by atoms with Crippen molar-refractivity contribution in [3.63, 3.8) is 0 Å². The number of hydrogen-bond acceptors (Lipinski definition) is 5. The summed E-state index contributed by atoms with van der Waals surface area (Å²) in [6.45, 7) is 7.01. The molecule has 0 radical (unpaired) electrons. The Morgan fingerprint density at radius 3 is 1.97 bits per heavy atom. The Bertz CT molecular complexity index is 975. The Labute approximate surface area is 181 Å². The molecule has 7 heteroatoms. The normalized spacial score (nSPS) is 14.3. The summed E-state index contributed by atoms with van der Waals surface area (Å²) in [6.07, 6.45) is 0. The van der Waals surface area contributed by atoms with Gasteiger partial charge in [0.05, 0.1) is 11.1 Å². The molecule has 0 spiro atoms. The molecular formula is C24H26N2O5. The number of fused-ring (bicyclic) bond motifs is 1. The van der Waals surface area contributed by atoms with Crippen LogP contribution in [-0.2, 0) is 20.9 Å². The standard InChI is InChI=1S/C24H26N2O5/c1-16(26-21(28)18-12-8-9-13-19(18)22(26)29)23(30)31-15-20(27)25(24(2,3)4)14-17-10-6-5-7-11-17/h5-13,16H,14-15H2,1-4H3. The molecule has 3 amide bonds. The van der Waals surface area contributed by atoms with Crippen LogP contribution in [0.3, 0.4) is 0 Å². The Morgan fingerprint density at radius 2 is 1.45 bits per heavy atom. The van der Waals surface area contributed by atoms with Gasteiger partial charge in [0.2, 0.25) is 0 Å². The van der Waals surface area contributed by atoms with Gasteiger partial charge >= 0.3 is 5.97 Å². The molecule has 0 N–H and O–H groups in total. The maximum atomic E-state index is 12.9. The zero-order valence-electron chi connectivity index (χ0n) is 18.1. The number of rotatable bonds is 6. The third-order valence-corrected chi connectivity index (χ3v) is 5.19. The van der Waals surface area contributed by atoms with E-state index in [4.69, 9.17) is 4.74 Å². The highest BCUT2D eigenvalue weighted by Crippen LogP contribution is 2.25. The molecule has 0 bridgehead atoms. The summed E-state index contributed by atoms with van der Waals surface area (Å²) in [5.74, 6) is -2.26. The number of hydrogen-bond donors (Lipinski definition) is 0. The number of benzene rings is 2. The van der Waals surface area contributed by atoms with Gasteiger partial charge in [-0.1, -0.05) is 42.5 Å². The van der Waals surface area contributed by atoms with Crippen LogP contribution in [0.4, 0.5) is 0 Å². The molecule has 1 atom stereocenters. The van der Waals surface area contributed by atoms with Crippen molar-refractivity contribution < 1.29 is 23.9 Å². The summed E-state index contributed by atoms with van der Waals surface area (Å²) in [5, 5.41) is 0. The van der Waals surface area contributed by atoms with Crippen molar-refractivity contribution in [1.29, 1.82) is 0 Å². The first kappa shape index (κ1) is 22.2. The monoisotopic (exact) mass is 422 g/mol. The van der Waals surface area contributed by atoms with Crippen molar-refractivity contribution in [3.05, 3.63) is 71.3 Å². The van der Waals surface area contributed by atoms with Gasteiger partial charge in [-0.2, -0.15) is 0 Å². The summed E-state index contributed by atoms with van der Waals surface area (Å²) < 4.78 is 5.21. The third-order valence-electron chi connectivity index (χ3n) is 5.19. The number of amides is 3. The Kier molecular flexibility index (Phi) is 6.24. The highest BCUT2D eigenvalue weighted by Gasteiger charge is 2.41.